The maximum absolute atomic E-state index is 5.91. The van der Waals surface area contributed by atoms with Crippen molar-refractivity contribution in [1.82, 2.24) is 4.90 Å². The molecule has 28 heavy (non-hydrogen) atoms. The smallest absolute Gasteiger partial charge is 0.0743 e. The van der Waals surface area contributed by atoms with Crippen LogP contribution in [0.1, 0.15) is 11.1 Å². The van der Waals surface area contributed by atoms with E-state index in [2.05, 4.69) is 78.2 Å². The van der Waals surface area contributed by atoms with Crippen LogP contribution in [0.5, 0.6) is 0 Å². The molecule has 0 radical (unpaired) electrons. The van der Waals surface area contributed by atoms with E-state index in [-0.39, 0.29) is 0 Å². The highest BCUT2D eigenvalue weighted by atomic mass is 35.5. The minimum Gasteiger partial charge on any atom is -0.375 e. The average molecular weight is 412 g/mol. The molecule has 0 spiro atoms. The third kappa shape index (κ3) is 6.99. The molecule has 0 aromatic heterocycles. The number of morpholine rings is 1. The Balaban J connectivity index is 0.000000236. The van der Waals surface area contributed by atoms with E-state index < -0.39 is 0 Å². The highest BCUT2D eigenvalue weighted by Crippen LogP contribution is 2.17. The summed E-state index contributed by atoms with van der Waals surface area (Å²) < 4.78 is 5.91. The maximum atomic E-state index is 5.91. The Hall–Kier alpha value is -1.78. The Kier molecular flexibility index (Phi) is 8.43. The molecule has 4 rings (SSSR count). The first-order chi connectivity index (χ1) is 13.7. The second kappa shape index (κ2) is 11.3. The van der Waals surface area contributed by atoms with Gasteiger partial charge in [-0.25, -0.2) is 0 Å². The van der Waals surface area contributed by atoms with Gasteiger partial charge in [0.15, 0.2) is 0 Å². The molecule has 146 valence electrons. The highest BCUT2D eigenvalue weighted by molar-refractivity contribution is 7.80. The van der Waals surface area contributed by atoms with E-state index in [1.54, 1.807) is 0 Å². The summed E-state index contributed by atoms with van der Waals surface area (Å²) in [5.74, 6) is 0. The molecule has 1 saturated heterocycles. The van der Waals surface area contributed by atoms with Crippen LogP contribution in [0.2, 0.25) is 5.02 Å². The molecule has 0 aliphatic carbocycles. The largest absolute Gasteiger partial charge is 0.375 e. The quantitative estimate of drug-likeness (QED) is 0.548. The number of rotatable bonds is 4. The molecule has 1 fully saturated rings. The summed E-state index contributed by atoms with van der Waals surface area (Å²) in [6.07, 6.45) is 1.32. The predicted molar refractivity (Wildman–Crippen MR) is 120 cm³/mol. The van der Waals surface area contributed by atoms with Crippen LogP contribution in [0.4, 0.5) is 0 Å². The predicted octanol–water partition coefficient (Wildman–Crippen LogP) is 5.76. The first kappa shape index (κ1) is 20.9. The fraction of sp³-hybridized carbons (Fsp3) is 0.250. The lowest BCUT2D eigenvalue weighted by Gasteiger charge is -2.33. The Morgan fingerprint density at radius 3 is 2.07 bits per heavy atom. The summed E-state index contributed by atoms with van der Waals surface area (Å²) in [7, 11) is 0. The zero-order valence-electron chi connectivity index (χ0n) is 15.9. The molecule has 3 aromatic carbocycles. The molecule has 1 aliphatic rings. The van der Waals surface area contributed by atoms with Gasteiger partial charge in [0, 0.05) is 24.5 Å². The normalized spacial score (nSPS) is 16.9. The topological polar surface area (TPSA) is 12.5 Å². The van der Waals surface area contributed by atoms with Gasteiger partial charge < -0.3 is 4.74 Å². The summed E-state index contributed by atoms with van der Waals surface area (Å²) in [5, 5.41) is 0.704. The van der Waals surface area contributed by atoms with Crippen molar-refractivity contribution >= 4 is 24.2 Å². The van der Waals surface area contributed by atoms with E-state index in [1.807, 2.05) is 24.3 Å². The van der Waals surface area contributed by atoms with Crippen molar-refractivity contribution in [3.8, 4) is 0 Å². The van der Waals surface area contributed by atoms with Crippen LogP contribution in [0.15, 0.2) is 89.8 Å². The number of thiol groups is 1. The van der Waals surface area contributed by atoms with Gasteiger partial charge in [-0.3, -0.25) is 4.90 Å². The van der Waals surface area contributed by atoms with E-state index in [0.717, 1.165) is 37.6 Å². The first-order valence-corrected chi connectivity index (χ1v) is 10.4. The molecular weight excluding hydrogens is 386 g/mol. The molecule has 0 amide bonds. The van der Waals surface area contributed by atoms with Gasteiger partial charge in [0.2, 0.25) is 0 Å². The third-order valence-corrected chi connectivity index (χ3v) is 5.48. The van der Waals surface area contributed by atoms with Crippen LogP contribution in [0.25, 0.3) is 0 Å². The molecule has 1 atom stereocenters. The maximum Gasteiger partial charge on any atom is 0.0743 e. The zero-order valence-corrected chi connectivity index (χ0v) is 17.5. The number of halogens is 1. The van der Waals surface area contributed by atoms with Crippen molar-refractivity contribution in [3.63, 3.8) is 0 Å². The van der Waals surface area contributed by atoms with Crippen LogP contribution in [0, 0.1) is 0 Å². The molecule has 0 N–H and O–H groups in total. The Morgan fingerprint density at radius 2 is 1.46 bits per heavy atom. The first-order valence-electron chi connectivity index (χ1n) is 9.56. The van der Waals surface area contributed by atoms with Crippen LogP contribution in [-0.2, 0) is 17.7 Å². The number of hydrogen-bond donors (Lipinski definition) is 1. The van der Waals surface area contributed by atoms with Crippen molar-refractivity contribution in [1.29, 1.82) is 0 Å². The molecular formula is C24H26ClNOS. The molecule has 3 aromatic rings. The van der Waals surface area contributed by atoms with Gasteiger partial charge in [-0.2, -0.15) is 0 Å². The second-order valence-corrected chi connectivity index (χ2v) is 7.74. The van der Waals surface area contributed by atoms with Crippen molar-refractivity contribution in [2.24, 2.45) is 0 Å². The van der Waals surface area contributed by atoms with Gasteiger partial charge in [-0.05, 0) is 29.7 Å². The van der Waals surface area contributed by atoms with Crippen molar-refractivity contribution < 1.29 is 4.74 Å². The van der Waals surface area contributed by atoms with E-state index in [4.69, 9.17) is 16.3 Å². The molecule has 2 nitrogen and oxygen atoms in total. The minimum atomic E-state index is 0.315. The van der Waals surface area contributed by atoms with Gasteiger partial charge in [-0.1, -0.05) is 84.4 Å². The number of hydrogen-bond acceptors (Lipinski definition) is 3. The standard InChI is InChI=1S/C18H21NO.C6H5ClS/c1-3-7-16(8-4-1)13-18-15-19(11-12-20-18)14-17-9-5-2-6-10-17;7-5-3-1-2-4-6(5)8/h1-10,18H,11-15H2;1-4,8H. The van der Waals surface area contributed by atoms with Crippen LogP contribution in [-0.4, -0.2) is 30.7 Å². The zero-order chi connectivity index (χ0) is 19.6. The fourth-order valence-corrected chi connectivity index (χ4v) is 3.51. The van der Waals surface area contributed by atoms with E-state index >= 15 is 0 Å². The number of ether oxygens (including phenoxy) is 1. The van der Waals surface area contributed by atoms with E-state index in [0.29, 0.717) is 11.1 Å². The Labute approximate surface area is 178 Å². The van der Waals surface area contributed by atoms with Crippen LogP contribution >= 0.6 is 24.2 Å². The van der Waals surface area contributed by atoms with E-state index in [9.17, 15) is 0 Å². The molecule has 1 heterocycles. The highest BCUT2D eigenvalue weighted by Gasteiger charge is 2.20. The van der Waals surface area contributed by atoms with Gasteiger partial charge in [0.25, 0.3) is 0 Å². The Bertz CT molecular complexity index is 760. The lowest BCUT2D eigenvalue weighted by molar-refractivity contribution is -0.0304. The number of benzene rings is 3. The van der Waals surface area contributed by atoms with Gasteiger partial charge >= 0.3 is 0 Å². The molecule has 0 saturated carbocycles. The summed E-state index contributed by atoms with van der Waals surface area (Å²) in [5.41, 5.74) is 2.74. The Morgan fingerprint density at radius 1 is 0.857 bits per heavy atom. The number of nitrogens with zero attached hydrogens (tertiary/aromatic N) is 1. The lowest BCUT2D eigenvalue weighted by Crippen LogP contribution is -2.42. The fourth-order valence-electron chi connectivity index (χ4n) is 3.22. The molecule has 0 bridgehead atoms. The summed E-state index contributed by atoms with van der Waals surface area (Å²) >= 11 is 9.70. The van der Waals surface area contributed by atoms with Gasteiger partial charge in [0.05, 0.1) is 17.7 Å². The lowest BCUT2D eigenvalue weighted by atomic mass is 10.1. The van der Waals surface area contributed by atoms with Crippen LogP contribution in [0.3, 0.4) is 0 Å². The molecule has 1 unspecified atom stereocenters. The second-order valence-electron chi connectivity index (χ2n) is 6.85. The molecule has 4 heteroatoms. The minimum absolute atomic E-state index is 0.315. The summed E-state index contributed by atoms with van der Waals surface area (Å²) in [4.78, 5) is 3.32. The SMILES string of the molecule is Sc1ccccc1Cl.c1ccc(CC2CN(Cc3ccccc3)CCO2)cc1. The van der Waals surface area contributed by atoms with Crippen molar-refractivity contribution in [3.05, 3.63) is 101 Å². The summed E-state index contributed by atoms with van der Waals surface area (Å²) in [6.45, 7) is 3.91. The van der Waals surface area contributed by atoms with Crippen molar-refractivity contribution in [2.75, 3.05) is 19.7 Å². The average Bonchev–Trinajstić information content (AvgIpc) is 2.73. The summed E-state index contributed by atoms with van der Waals surface area (Å²) in [6, 6.07) is 28.7. The van der Waals surface area contributed by atoms with Gasteiger partial charge in [0.1, 0.15) is 0 Å². The van der Waals surface area contributed by atoms with Crippen molar-refractivity contribution in [2.45, 2.75) is 24.0 Å². The monoisotopic (exact) mass is 411 g/mol. The van der Waals surface area contributed by atoms with Gasteiger partial charge in [-0.15, -0.1) is 12.6 Å². The molecule has 1 aliphatic heterocycles. The van der Waals surface area contributed by atoms with E-state index in [1.165, 1.54) is 11.1 Å². The van der Waals surface area contributed by atoms with Crippen LogP contribution < -0.4 is 0 Å². The third-order valence-electron chi connectivity index (χ3n) is 4.63.